The molecule has 2 heterocycles. The van der Waals surface area contributed by atoms with Gasteiger partial charge in [0.15, 0.2) is 11.5 Å². The maximum Gasteiger partial charge on any atom is 0.231 e. The summed E-state index contributed by atoms with van der Waals surface area (Å²) in [6, 6.07) is 5.56. The van der Waals surface area contributed by atoms with Gasteiger partial charge in [0.2, 0.25) is 18.6 Å². The molecule has 2 aliphatic heterocycles. The van der Waals surface area contributed by atoms with Crippen LogP contribution in [-0.4, -0.2) is 31.7 Å². The molecular formula is C18H22N2O4. The van der Waals surface area contributed by atoms with Crippen LogP contribution < -0.4 is 19.7 Å². The molecule has 0 spiro atoms. The maximum absolute atomic E-state index is 12.3. The zero-order chi connectivity index (χ0) is 16.5. The Morgan fingerprint density at radius 2 is 2.00 bits per heavy atom. The molecule has 1 atom stereocenters. The van der Waals surface area contributed by atoms with E-state index in [9.17, 15) is 9.59 Å². The predicted octanol–water partition coefficient (Wildman–Crippen LogP) is 2.07. The third-order valence-electron chi connectivity index (χ3n) is 5.16. The van der Waals surface area contributed by atoms with Gasteiger partial charge in [0, 0.05) is 43.1 Å². The molecule has 1 aromatic carbocycles. The maximum atomic E-state index is 12.3. The lowest BCUT2D eigenvalue weighted by atomic mass is 10.1. The molecule has 1 saturated carbocycles. The Balaban J connectivity index is 1.35. The summed E-state index contributed by atoms with van der Waals surface area (Å²) in [6.45, 7) is 1.42. The van der Waals surface area contributed by atoms with E-state index in [0.29, 0.717) is 31.0 Å². The minimum Gasteiger partial charge on any atom is -0.454 e. The van der Waals surface area contributed by atoms with Gasteiger partial charge in [-0.2, -0.15) is 0 Å². The first-order valence-corrected chi connectivity index (χ1v) is 8.68. The van der Waals surface area contributed by atoms with E-state index < -0.39 is 0 Å². The summed E-state index contributed by atoms with van der Waals surface area (Å²) in [5.41, 5.74) is 0.828. The van der Waals surface area contributed by atoms with Gasteiger partial charge in [-0.3, -0.25) is 9.59 Å². The van der Waals surface area contributed by atoms with Crippen molar-refractivity contribution in [3.05, 3.63) is 18.2 Å². The van der Waals surface area contributed by atoms with E-state index in [4.69, 9.17) is 9.47 Å². The molecule has 1 saturated heterocycles. The first-order chi connectivity index (χ1) is 11.7. The van der Waals surface area contributed by atoms with Crippen molar-refractivity contribution in [2.75, 3.05) is 24.8 Å². The van der Waals surface area contributed by atoms with Crippen LogP contribution in [0.5, 0.6) is 11.5 Å². The van der Waals surface area contributed by atoms with Crippen molar-refractivity contribution < 1.29 is 19.1 Å². The highest BCUT2D eigenvalue weighted by molar-refractivity contribution is 5.96. The number of benzene rings is 1. The van der Waals surface area contributed by atoms with Crippen LogP contribution in [0.1, 0.15) is 32.1 Å². The fourth-order valence-electron chi connectivity index (χ4n) is 3.80. The molecule has 0 aromatic heterocycles. The Hall–Kier alpha value is -2.24. The average molecular weight is 330 g/mol. The fraction of sp³-hybridized carbons (Fsp3) is 0.556. The Kier molecular flexibility index (Phi) is 4.04. The van der Waals surface area contributed by atoms with Gasteiger partial charge in [-0.05, 0) is 25.0 Å². The highest BCUT2D eigenvalue weighted by atomic mass is 16.7. The highest BCUT2D eigenvalue weighted by Crippen LogP contribution is 2.37. The third kappa shape index (κ3) is 2.92. The number of fused-ring (bicyclic) bond motifs is 1. The molecule has 2 amide bonds. The molecule has 3 aliphatic rings. The van der Waals surface area contributed by atoms with E-state index in [0.717, 1.165) is 31.4 Å². The largest absolute Gasteiger partial charge is 0.454 e. The number of anilines is 1. The van der Waals surface area contributed by atoms with E-state index in [-0.39, 0.29) is 30.4 Å². The number of rotatable bonds is 4. The topological polar surface area (TPSA) is 67.9 Å². The van der Waals surface area contributed by atoms with Crippen LogP contribution >= 0.6 is 0 Å². The molecule has 6 nitrogen and oxygen atoms in total. The van der Waals surface area contributed by atoms with Gasteiger partial charge in [0.1, 0.15) is 0 Å². The number of hydrogen-bond acceptors (Lipinski definition) is 4. The lowest BCUT2D eigenvalue weighted by molar-refractivity contribution is -0.125. The number of carbonyl (C=O) groups excluding carboxylic acids is 2. The minimum atomic E-state index is 0.0916. The van der Waals surface area contributed by atoms with Gasteiger partial charge in [-0.15, -0.1) is 0 Å². The van der Waals surface area contributed by atoms with E-state index in [1.165, 1.54) is 0 Å². The predicted molar refractivity (Wildman–Crippen MR) is 88.0 cm³/mol. The minimum absolute atomic E-state index is 0.0916. The van der Waals surface area contributed by atoms with Gasteiger partial charge in [0.05, 0.1) is 0 Å². The molecule has 4 rings (SSSR count). The summed E-state index contributed by atoms with van der Waals surface area (Å²) in [4.78, 5) is 26.2. The normalized spacial score (nSPS) is 23.1. The monoisotopic (exact) mass is 330 g/mol. The molecule has 1 N–H and O–H groups in total. The molecule has 128 valence electrons. The Morgan fingerprint density at radius 1 is 1.21 bits per heavy atom. The Morgan fingerprint density at radius 3 is 2.83 bits per heavy atom. The molecule has 24 heavy (non-hydrogen) atoms. The number of ether oxygens (including phenoxy) is 2. The zero-order valence-corrected chi connectivity index (χ0v) is 13.6. The van der Waals surface area contributed by atoms with E-state index in [1.54, 1.807) is 4.90 Å². The van der Waals surface area contributed by atoms with Crippen molar-refractivity contribution in [2.45, 2.75) is 32.1 Å². The zero-order valence-electron chi connectivity index (χ0n) is 13.6. The summed E-state index contributed by atoms with van der Waals surface area (Å²) in [5.74, 6) is 1.97. The Bertz CT molecular complexity index is 654. The second-order valence-corrected chi connectivity index (χ2v) is 6.84. The first kappa shape index (κ1) is 15.3. The first-order valence-electron chi connectivity index (χ1n) is 8.68. The van der Waals surface area contributed by atoms with Gasteiger partial charge in [-0.25, -0.2) is 0 Å². The molecule has 0 unspecified atom stereocenters. The Labute approximate surface area is 141 Å². The van der Waals surface area contributed by atoms with Crippen molar-refractivity contribution in [3.63, 3.8) is 0 Å². The van der Waals surface area contributed by atoms with Gasteiger partial charge >= 0.3 is 0 Å². The van der Waals surface area contributed by atoms with Crippen LogP contribution in [0, 0.1) is 11.8 Å². The summed E-state index contributed by atoms with van der Waals surface area (Å²) in [6.07, 6.45) is 4.77. The second-order valence-electron chi connectivity index (χ2n) is 6.84. The van der Waals surface area contributed by atoms with Crippen LogP contribution in [0.15, 0.2) is 18.2 Å². The number of hydrogen-bond donors (Lipinski definition) is 1. The van der Waals surface area contributed by atoms with Crippen molar-refractivity contribution in [2.24, 2.45) is 11.8 Å². The van der Waals surface area contributed by atoms with Crippen LogP contribution in [0.4, 0.5) is 5.69 Å². The van der Waals surface area contributed by atoms with E-state index in [2.05, 4.69) is 5.32 Å². The molecule has 1 aromatic rings. The molecular weight excluding hydrogens is 308 g/mol. The molecule has 0 radical (unpaired) electrons. The standard InChI is InChI=1S/C18H22N2O4/c21-17-7-12(9-19-18(22)13-3-1-2-4-13)10-20(17)14-5-6-15-16(8-14)24-11-23-15/h5-6,8,12-13H,1-4,7,9-11H2,(H,19,22)/t12-/m1/s1. The summed E-state index contributed by atoms with van der Waals surface area (Å²) in [5, 5.41) is 3.04. The van der Waals surface area contributed by atoms with Crippen molar-refractivity contribution in [1.29, 1.82) is 0 Å². The lowest BCUT2D eigenvalue weighted by Crippen LogP contribution is -2.34. The summed E-state index contributed by atoms with van der Waals surface area (Å²) < 4.78 is 10.7. The van der Waals surface area contributed by atoms with Gasteiger partial charge in [0.25, 0.3) is 0 Å². The van der Waals surface area contributed by atoms with Crippen molar-refractivity contribution >= 4 is 17.5 Å². The molecule has 1 aliphatic carbocycles. The summed E-state index contributed by atoms with van der Waals surface area (Å²) in [7, 11) is 0. The summed E-state index contributed by atoms with van der Waals surface area (Å²) >= 11 is 0. The second kappa shape index (κ2) is 6.34. The van der Waals surface area contributed by atoms with Crippen LogP contribution in [0.25, 0.3) is 0 Å². The lowest BCUT2D eigenvalue weighted by Gasteiger charge is -2.18. The van der Waals surface area contributed by atoms with Crippen LogP contribution in [-0.2, 0) is 9.59 Å². The average Bonchev–Trinajstić information content (AvgIpc) is 3.32. The van der Waals surface area contributed by atoms with Gasteiger partial charge < -0.3 is 19.7 Å². The quantitative estimate of drug-likeness (QED) is 0.918. The fourth-order valence-corrected chi connectivity index (χ4v) is 3.80. The van der Waals surface area contributed by atoms with E-state index in [1.807, 2.05) is 18.2 Å². The van der Waals surface area contributed by atoms with Crippen molar-refractivity contribution in [3.8, 4) is 11.5 Å². The molecule has 2 fully saturated rings. The number of carbonyl (C=O) groups is 2. The van der Waals surface area contributed by atoms with Crippen LogP contribution in [0.3, 0.4) is 0 Å². The highest BCUT2D eigenvalue weighted by Gasteiger charge is 2.32. The number of amides is 2. The third-order valence-corrected chi connectivity index (χ3v) is 5.16. The molecule has 6 heteroatoms. The SMILES string of the molecule is O=C(NC[C@H]1CC(=O)N(c2ccc3c(c2)OCO3)C1)C1CCCC1. The molecule has 0 bridgehead atoms. The van der Waals surface area contributed by atoms with Gasteiger partial charge in [-0.1, -0.05) is 12.8 Å². The van der Waals surface area contributed by atoms with E-state index >= 15 is 0 Å². The smallest absolute Gasteiger partial charge is 0.231 e. The number of nitrogens with one attached hydrogen (secondary N) is 1. The van der Waals surface area contributed by atoms with Crippen molar-refractivity contribution in [1.82, 2.24) is 5.32 Å². The van der Waals surface area contributed by atoms with Crippen LogP contribution in [0.2, 0.25) is 0 Å². The number of nitrogens with zero attached hydrogens (tertiary/aromatic N) is 1.